The predicted octanol–water partition coefficient (Wildman–Crippen LogP) is 2.04. The highest BCUT2D eigenvalue weighted by molar-refractivity contribution is 5.53. The van der Waals surface area contributed by atoms with E-state index in [2.05, 4.69) is 9.72 Å². The molecular formula is C8H7F6N3O. The Balaban J connectivity index is 3.45. The third-order valence-electron chi connectivity index (χ3n) is 1.89. The fraction of sp³-hybridized carbons (Fsp3) is 0.375. The second kappa shape index (κ2) is 4.52. The first kappa shape index (κ1) is 14.4. The summed E-state index contributed by atoms with van der Waals surface area (Å²) in [4.78, 5) is 3.14. The number of nitrogen functional groups attached to an aromatic ring is 1. The molecule has 0 aliphatic heterocycles. The van der Waals surface area contributed by atoms with Crippen molar-refractivity contribution >= 4 is 5.82 Å². The standard InChI is InChI=1S/C8H7F6N3O/c9-7(10,11)4-2-17-6(16)3(1-15)5(4)18-8(12,13)14/h2H,1,15H2,(H2,16,17). The van der Waals surface area contributed by atoms with Crippen molar-refractivity contribution in [3.63, 3.8) is 0 Å². The van der Waals surface area contributed by atoms with Crippen molar-refractivity contribution in [3.8, 4) is 5.75 Å². The van der Waals surface area contributed by atoms with Gasteiger partial charge >= 0.3 is 12.5 Å². The molecule has 4 nitrogen and oxygen atoms in total. The summed E-state index contributed by atoms with van der Waals surface area (Å²) in [5, 5.41) is 0. The predicted molar refractivity (Wildman–Crippen MR) is 48.2 cm³/mol. The summed E-state index contributed by atoms with van der Waals surface area (Å²) in [6.45, 7) is -0.672. The maximum atomic E-state index is 12.5. The Morgan fingerprint density at radius 3 is 2.11 bits per heavy atom. The van der Waals surface area contributed by atoms with Crippen LogP contribution in [0.3, 0.4) is 0 Å². The minimum Gasteiger partial charge on any atom is -0.405 e. The molecule has 0 aliphatic rings. The normalized spacial score (nSPS) is 12.6. The summed E-state index contributed by atoms with van der Waals surface area (Å²) in [6.07, 6.45) is -10.2. The maximum Gasteiger partial charge on any atom is 0.573 e. The van der Waals surface area contributed by atoms with Crippen molar-refractivity contribution in [1.29, 1.82) is 0 Å². The van der Waals surface area contributed by atoms with Gasteiger partial charge < -0.3 is 16.2 Å². The molecule has 1 heterocycles. The Morgan fingerprint density at radius 2 is 1.72 bits per heavy atom. The van der Waals surface area contributed by atoms with Crippen molar-refractivity contribution in [1.82, 2.24) is 4.98 Å². The number of rotatable bonds is 2. The summed E-state index contributed by atoms with van der Waals surface area (Å²) in [6, 6.07) is 0. The number of anilines is 1. The quantitative estimate of drug-likeness (QED) is 0.810. The molecule has 1 aromatic rings. The van der Waals surface area contributed by atoms with Gasteiger partial charge in [0.2, 0.25) is 0 Å². The van der Waals surface area contributed by atoms with Crippen LogP contribution in [-0.4, -0.2) is 11.3 Å². The van der Waals surface area contributed by atoms with Gasteiger partial charge in [-0.25, -0.2) is 4.98 Å². The van der Waals surface area contributed by atoms with Crippen LogP contribution < -0.4 is 16.2 Å². The van der Waals surface area contributed by atoms with E-state index in [1.165, 1.54) is 0 Å². The molecule has 1 aromatic heterocycles. The molecule has 102 valence electrons. The summed E-state index contributed by atoms with van der Waals surface area (Å²) in [7, 11) is 0. The highest BCUT2D eigenvalue weighted by atomic mass is 19.4. The SMILES string of the molecule is NCc1c(N)ncc(C(F)(F)F)c1OC(F)(F)F. The van der Waals surface area contributed by atoms with Crippen LogP contribution in [0.2, 0.25) is 0 Å². The van der Waals surface area contributed by atoms with Crippen LogP contribution in [-0.2, 0) is 12.7 Å². The molecule has 1 rings (SSSR count). The molecule has 18 heavy (non-hydrogen) atoms. The lowest BCUT2D eigenvalue weighted by Crippen LogP contribution is -2.23. The first-order valence-corrected chi connectivity index (χ1v) is 4.36. The van der Waals surface area contributed by atoms with Crippen LogP contribution in [0.1, 0.15) is 11.1 Å². The molecule has 0 aromatic carbocycles. The van der Waals surface area contributed by atoms with E-state index in [0.717, 1.165) is 0 Å². The molecule has 0 fully saturated rings. The van der Waals surface area contributed by atoms with Crippen LogP contribution in [0.4, 0.5) is 32.2 Å². The van der Waals surface area contributed by atoms with Gasteiger partial charge in [-0.05, 0) is 0 Å². The van der Waals surface area contributed by atoms with Crippen LogP contribution in [0.5, 0.6) is 5.75 Å². The van der Waals surface area contributed by atoms with E-state index < -0.39 is 41.8 Å². The van der Waals surface area contributed by atoms with Crippen LogP contribution in [0.25, 0.3) is 0 Å². The Hall–Kier alpha value is -1.71. The Morgan fingerprint density at radius 1 is 1.17 bits per heavy atom. The summed E-state index contributed by atoms with van der Waals surface area (Å²) >= 11 is 0. The first-order chi connectivity index (χ1) is 8.06. The number of aromatic nitrogens is 1. The monoisotopic (exact) mass is 275 g/mol. The van der Waals surface area contributed by atoms with Gasteiger partial charge in [-0.1, -0.05) is 0 Å². The number of hydrogen-bond donors (Lipinski definition) is 2. The molecule has 4 N–H and O–H groups in total. The lowest BCUT2D eigenvalue weighted by Gasteiger charge is -2.18. The molecule has 0 aliphatic carbocycles. The molecule has 10 heteroatoms. The number of ether oxygens (including phenoxy) is 1. The third-order valence-corrected chi connectivity index (χ3v) is 1.89. The minimum atomic E-state index is -5.29. The number of nitrogens with two attached hydrogens (primary N) is 2. The maximum absolute atomic E-state index is 12.5. The van der Waals surface area contributed by atoms with Gasteiger partial charge in [-0.2, -0.15) is 13.2 Å². The second-order valence-electron chi connectivity index (χ2n) is 3.11. The van der Waals surface area contributed by atoms with Crippen LogP contribution in [0, 0.1) is 0 Å². The zero-order valence-corrected chi connectivity index (χ0v) is 8.56. The molecule has 0 radical (unpaired) electrons. The van der Waals surface area contributed by atoms with Gasteiger partial charge in [-0.3, -0.25) is 0 Å². The van der Waals surface area contributed by atoms with Crippen LogP contribution >= 0.6 is 0 Å². The smallest absolute Gasteiger partial charge is 0.405 e. The fourth-order valence-corrected chi connectivity index (χ4v) is 1.18. The van der Waals surface area contributed by atoms with Gasteiger partial charge in [0.1, 0.15) is 11.4 Å². The lowest BCUT2D eigenvalue weighted by atomic mass is 10.1. The van der Waals surface area contributed by atoms with Gasteiger partial charge in [0.15, 0.2) is 5.75 Å². The van der Waals surface area contributed by atoms with Gasteiger partial charge in [-0.15, -0.1) is 13.2 Å². The number of hydrogen-bond acceptors (Lipinski definition) is 4. The summed E-state index contributed by atoms with van der Waals surface area (Å²) in [5.41, 5.74) is 7.87. The lowest BCUT2D eigenvalue weighted by molar-refractivity contribution is -0.276. The molecule has 0 bridgehead atoms. The van der Waals surface area contributed by atoms with Crippen molar-refractivity contribution in [3.05, 3.63) is 17.3 Å². The van der Waals surface area contributed by atoms with Gasteiger partial charge in [0, 0.05) is 12.7 Å². The molecule has 0 amide bonds. The van der Waals surface area contributed by atoms with Crippen molar-refractivity contribution in [2.24, 2.45) is 5.73 Å². The van der Waals surface area contributed by atoms with Crippen molar-refractivity contribution in [2.75, 3.05) is 5.73 Å². The van der Waals surface area contributed by atoms with E-state index in [1.807, 2.05) is 0 Å². The molecule has 0 unspecified atom stereocenters. The zero-order valence-electron chi connectivity index (χ0n) is 8.56. The molecular weight excluding hydrogens is 268 g/mol. The minimum absolute atomic E-state index is 0.162. The highest BCUT2D eigenvalue weighted by Gasteiger charge is 2.41. The number of alkyl halides is 6. The van der Waals surface area contributed by atoms with Gasteiger partial charge in [0.25, 0.3) is 0 Å². The topological polar surface area (TPSA) is 74.2 Å². The van der Waals surface area contributed by atoms with E-state index in [9.17, 15) is 26.3 Å². The van der Waals surface area contributed by atoms with Crippen molar-refractivity contribution < 1.29 is 31.1 Å². The van der Waals surface area contributed by atoms with E-state index in [0.29, 0.717) is 0 Å². The molecule has 0 saturated heterocycles. The molecule has 0 atom stereocenters. The zero-order chi connectivity index (χ0) is 14.1. The fourth-order valence-electron chi connectivity index (χ4n) is 1.18. The van der Waals surface area contributed by atoms with Gasteiger partial charge in [0.05, 0.1) is 5.56 Å². The average molecular weight is 275 g/mol. The molecule has 0 spiro atoms. The highest BCUT2D eigenvalue weighted by Crippen LogP contribution is 2.41. The molecule has 0 saturated carbocycles. The largest absolute Gasteiger partial charge is 0.573 e. The average Bonchev–Trinajstić information content (AvgIpc) is 2.13. The second-order valence-corrected chi connectivity index (χ2v) is 3.11. The van der Waals surface area contributed by atoms with Crippen molar-refractivity contribution in [2.45, 2.75) is 19.1 Å². The summed E-state index contributed by atoms with van der Waals surface area (Å²) in [5.74, 6) is -2.02. The number of halogens is 6. The van der Waals surface area contributed by atoms with Crippen LogP contribution in [0.15, 0.2) is 6.20 Å². The van der Waals surface area contributed by atoms with E-state index >= 15 is 0 Å². The number of nitrogens with zero attached hydrogens (tertiary/aromatic N) is 1. The Kier molecular flexibility index (Phi) is 3.60. The van der Waals surface area contributed by atoms with E-state index in [-0.39, 0.29) is 6.20 Å². The van der Waals surface area contributed by atoms with E-state index in [4.69, 9.17) is 11.5 Å². The van der Waals surface area contributed by atoms with E-state index in [1.54, 1.807) is 0 Å². The first-order valence-electron chi connectivity index (χ1n) is 4.36. The Bertz CT molecular complexity index is 442. The Labute approximate surface area is 96.5 Å². The third kappa shape index (κ3) is 3.15. The number of pyridine rings is 1. The summed E-state index contributed by atoms with van der Waals surface area (Å²) < 4.78 is 77.0.